The molecule has 2 amide bonds. The Kier molecular flexibility index (Phi) is 6.76. The number of benzene rings is 1. The van der Waals surface area contributed by atoms with E-state index < -0.39 is 0 Å². The van der Waals surface area contributed by atoms with Gasteiger partial charge in [-0.1, -0.05) is 26.0 Å². The van der Waals surface area contributed by atoms with Crippen molar-refractivity contribution in [3.05, 3.63) is 35.6 Å². The highest BCUT2D eigenvalue weighted by atomic mass is 19.1. The van der Waals surface area contributed by atoms with E-state index in [1.54, 1.807) is 17.0 Å². The van der Waals surface area contributed by atoms with E-state index >= 15 is 0 Å². The van der Waals surface area contributed by atoms with Gasteiger partial charge in [0.25, 0.3) is 0 Å². The van der Waals surface area contributed by atoms with Gasteiger partial charge in [-0.15, -0.1) is 0 Å². The first-order valence-corrected chi connectivity index (χ1v) is 8.86. The highest BCUT2D eigenvalue weighted by molar-refractivity contribution is 5.89. The van der Waals surface area contributed by atoms with Gasteiger partial charge in [-0.25, -0.2) is 4.39 Å². The first kappa shape index (κ1) is 18.4. The van der Waals surface area contributed by atoms with E-state index in [1.807, 2.05) is 4.90 Å². The van der Waals surface area contributed by atoms with Crippen molar-refractivity contribution in [2.24, 2.45) is 5.92 Å². The normalized spacial score (nSPS) is 17.4. The Morgan fingerprint density at radius 3 is 2.42 bits per heavy atom. The van der Waals surface area contributed by atoms with Crippen molar-refractivity contribution in [1.82, 2.24) is 9.80 Å². The Hall–Kier alpha value is -1.91. The monoisotopic (exact) mass is 334 g/mol. The van der Waals surface area contributed by atoms with Crippen molar-refractivity contribution in [3.63, 3.8) is 0 Å². The van der Waals surface area contributed by atoms with E-state index in [1.165, 1.54) is 12.1 Å². The van der Waals surface area contributed by atoms with E-state index in [2.05, 4.69) is 13.8 Å². The summed E-state index contributed by atoms with van der Waals surface area (Å²) in [5.41, 5.74) is 0.998. The molecule has 2 rings (SSSR count). The molecule has 0 spiro atoms. The summed E-state index contributed by atoms with van der Waals surface area (Å²) in [5, 5.41) is 0. The van der Waals surface area contributed by atoms with Gasteiger partial charge in [0.05, 0.1) is 5.92 Å². The lowest BCUT2D eigenvalue weighted by Gasteiger charge is -2.24. The maximum Gasteiger partial charge on any atom is 0.227 e. The van der Waals surface area contributed by atoms with E-state index in [0.29, 0.717) is 25.9 Å². The zero-order chi connectivity index (χ0) is 17.5. The van der Waals surface area contributed by atoms with Crippen molar-refractivity contribution in [2.75, 3.05) is 26.2 Å². The lowest BCUT2D eigenvalue weighted by molar-refractivity contribution is -0.136. The second-order valence-electron chi connectivity index (χ2n) is 6.44. The zero-order valence-electron chi connectivity index (χ0n) is 14.6. The second-order valence-corrected chi connectivity index (χ2v) is 6.44. The summed E-state index contributed by atoms with van der Waals surface area (Å²) in [6, 6.07) is 6.34. The standard InChI is InChI=1S/C19H27FN2O2/c1-3-10-21(11-4-2)19(24)16-13-18(23)22(14-16)12-9-15-5-7-17(20)8-6-15/h5-8,16H,3-4,9-14H2,1-2H3/t16-/m1/s1. The molecule has 1 atom stereocenters. The van der Waals surface area contributed by atoms with E-state index in [9.17, 15) is 14.0 Å². The van der Waals surface area contributed by atoms with Gasteiger partial charge in [0, 0.05) is 32.6 Å². The molecule has 4 nitrogen and oxygen atoms in total. The van der Waals surface area contributed by atoms with E-state index in [0.717, 1.165) is 31.5 Å². The minimum absolute atomic E-state index is 0.0448. The molecule has 1 aromatic rings. The van der Waals surface area contributed by atoms with Gasteiger partial charge < -0.3 is 9.80 Å². The molecule has 0 radical (unpaired) electrons. The van der Waals surface area contributed by atoms with Crippen LogP contribution in [-0.2, 0) is 16.0 Å². The Bertz CT molecular complexity index is 553. The SMILES string of the molecule is CCCN(CCC)C(=O)[C@@H]1CC(=O)N(CCc2ccc(F)cc2)C1. The van der Waals surface area contributed by atoms with Gasteiger partial charge in [-0.05, 0) is 37.0 Å². The fourth-order valence-corrected chi connectivity index (χ4v) is 3.20. The molecule has 0 unspecified atom stereocenters. The number of rotatable bonds is 8. The van der Waals surface area contributed by atoms with Crippen LogP contribution < -0.4 is 0 Å². The summed E-state index contributed by atoms with van der Waals surface area (Å²) in [4.78, 5) is 28.5. The molecule has 0 aromatic heterocycles. The second kappa shape index (κ2) is 8.81. The Morgan fingerprint density at radius 1 is 1.21 bits per heavy atom. The molecule has 1 fully saturated rings. The maximum atomic E-state index is 12.9. The van der Waals surface area contributed by atoms with Crippen LogP contribution in [0.5, 0.6) is 0 Å². The summed E-state index contributed by atoms with van der Waals surface area (Å²) >= 11 is 0. The highest BCUT2D eigenvalue weighted by Gasteiger charge is 2.35. The minimum Gasteiger partial charge on any atom is -0.342 e. The Balaban J connectivity index is 1.89. The predicted molar refractivity (Wildman–Crippen MR) is 92.0 cm³/mol. The molecule has 1 aliphatic heterocycles. The van der Waals surface area contributed by atoms with Crippen LogP contribution in [-0.4, -0.2) is 47.8 Å². The summed E-state index contributed by atoms with van der Waals surface area (Å²) in [5.74, 6) is -0.322. The summed E-state index contributed by atoms with van der Waals surface area (Å²) in [6.45, 7) is 6.72. The fraction of sp³-hybridized carbons (Fsp3) is 0.579. The Morgan fingerprint density at radius 2 is 1.83 bits per heavy atom. The van der Waals surface area contributed by atoms with Crippen LogP contribution in [0.3, 0.4) is 0 Å². The third-order valence-electron chi connectivity index (χ3n) is 4.45. The minimum atomic E-state index is -0.256. The van der Waals surface area contributed by atoms with Crippen LogP contribution in [0.2, 0.25) is 0 Å². The summed E-state index contributed by atoms with van der Waals surface area (Å²) < 4.78 is 12.9. The smallest absolute Gasteiger partial charge is 0.227 e. The third kappa shape index (κ3) is 4.79. The number of amides is 2. The van der Waals surface area contributed by atoms with Gasteiger partial charge in [-0.2, -0.15) is 0 Å². The van der Waals surface area contributed by atoms with Crippen LogP contribution in [0, 0.1) is 11.7 Å². The largest absolute Gasteiger partial charge is 0.342 e. The molecule has 1 heterocycles. The quantitative estimate of drug-likeness (QED) is 0.733. The summed E-state index contributed by atoms with van der Waals surface area (Å²) in [7, 11) is 0. The highest BCUT2D eigenvalue weighted by Crippen LogP contribution is 2.21. The first-order chi connectivity index (χ1) is 11.5. The molecule has 5 heteroatoms. The van der Waals surface area contributed by atoms with Crippen LogP contribution in [0.15, 0.2) is 24.3 Å². The average Bonchev–Trinajstić information content (AvgIpc) is 2.94. The predicted octanol–water partition coefficient (Wildman–Crippen LogP) is 2.87. The molecular formula is C19H27FN2O2. The topological polar surface area (TPSA) is 40.6 Å². The first-order valence-electron chi connectivity index (χ1n) is 8.86. The van der Waals surface area contributed by atoms with Crippen LogP contribution in [0.25, 0.3) is 0 Å². The zero-order valence-corrected chi connectivity index (χ0v) is 14.6. The molecule has 0 N–H and O–H groups in total. The lowest BCUT2D eigenvalue weighted by Crippen LogP contribution is -2.38. The number of carbonyl (C=O) groups is 2. The molecule has 0 saturated carbocycles. The van der Waals surface area contributed by atoms with Crippen LogP contribution in [0.4, 0.5) is 4.39 Å². The number of likely N-dealkylation sites (tertiary alicyclic amines) is 1. The van der Waals surface area contributed by atoms with Crippen molar-refractivity contribution in [1.29, 1.82) is 0 Å². The van der Waals surface area contributed by atoms with Crippen LogP contribution in [0.1, 0.15) is 38.7 Å². The Labute approximate surface area is 143 Å². The number of hydrogen-bond acceptors (Lipinski definition) is 2. The van der Waals surface area contributed by atoms with Crippen LogP contribution >= 0.6 is 0 Å². The molecular weight excluding hydrogens is 307 g/mol. The average molecular weight is 334 g/mol. The van der Waals surface area contributed by atoms with Gasteiger partial charge >= 0.3 is 0 Å². The molecule has 0 aliphatic carbocycles. The van der Waals surface area contributed by atoms with E-state index in [4.69, 9.17) is 0 Å². The van der Waals surface area contributed by atoms with Gasteiger partial charge in [0.15, 0.2) is 0 Å². The molecule has 0 bridgehead atoms. The fourth-order valence-electron chi connectivity index (χ4n) is 3.20. The summed E-state index contributed by atoms with van der Waals surface area (Å²) in [6.07, 6.45) is 2.86. The molecule has 1 saturated heterocycles. The van der Waals surface area contributed by atoms with Gasteiger partial charge in [0.2, 0.25) is 11.8 Å². The van der Waals surface area contributed by atoms with Gasteiger partial charge in [-0.3, -0.25) is 9.59 Å². The number of nitrogens with zero attached hydrogens (tertiary/aromatic N) is 2. The number of carbonyl (C=O) groups excluding carboxylic acids is 2. The van der Waals surface area contributed by atoms with Crippen molar-refractivity contribution in [2.45, 2.75) is 39.5 Å². The molecule has 1 aliphatic rings. The van der Waals surface area contributed by atoms with Crippen molar-refractivity contribution >= 4 is 11.8 Å². The van der Waals surface area contributed by atoms with E-state index in [-0.39, 0.29) is 23.5 Å². The van der Waals surface area contributed by atoms with Crippen molar-refractivity contribution < 1.29 is 14.0 Å². The lowest BCUT2D eigenvalue weighted by atomic mass is 10.1. The third-order valence-corrected chi connectivity index (χ3v) is 4.45. The molecule has 1 aromatic carbocycles. The number of hydrogen-bond donors (Lipinski definition) is 0. The van der Waals surface area contributed by atoms with Crippen molar-refractivity contribution in [3.8, 4) is 0 Å². The van der Waals surface area contributed by atoms with Gasteiger partial charge in [0.1, 0.15) is 5.82 Å². The molecule has 132 valence electrons. The maximum absolute atomic E-state index is 12.9. The molecule has 24 heavy (non-hydrogen) atoms. The number of halogens is 1.